The first kappa shape index (κ1) is 13.1. The van der Waals surface area contributed by atoms with Crippen molar-refractivity contribution < 1.29 is 12.8 Å². The molecule has 19 heavy (non-hydrogen) atoms. The third-order valence-electron chi connectivity index (χ3n) is 4.48. The fraction of sp³-hybridized carbons (Fsp3) is 0.571. The zero-order valence-electron chi connectivity index (χ0n) is 10.9. The van der Waals surface area contributed by atoms with E-state index >= 15 is 0 Å². The van der Waals surface area contributed by atoms with Gasteiger partial charge in [-0.15, -0.1) is 0 Å². The second kappa shape index (κ2) is 4.56. The molecule has 2 fully saturated rings. The first-order chi connectivity index (χ1) is 8.95. The van der Waals surface area contributed by atoms with Gasteiger partial charge in [-0.1, -0.05) is 6.42 Å². The molecule has 3 atom stereocenters. The van der Waals surface area contributed by atoms with Crippen LogP contribution in [0.3, 0.4) is 0 Å². The minimum absolute atomic E-state index is 0.0640. The predicted octanol–water partition coefficient (Wildman–Crippen LogP) is 2.60. The van der Waals surface area contributed by atoms with Gasteiger partial charge in [0.05, 0.1) is 4.90 Å². The largest absolute Gasteiger partial charge is 0.240 e. The average molecular weight is 283 g/mol. The van der Waals surface area contributed by atoms with E-state index in [4.69, 9.17) is 0 Å². The van der Waals surface area contributed by atoms with Gasteiger partial charge in [-0.3, -0.25) is 0 Å². The van der Waals surface area contributed by atoms with Gasteiger partial charge in [0.15, 0.2) is 0 Å². The molecule has 0 spiro atoms. The van der Waals surface area contributed by atoms with Crippen LogP contribution >= 0.6 is 0 Å². The van der Waals surface area contributed by atoms with Crippen molar-refractivity contribution in [3.63, 3.8) is 0 Å². The van der Waals surface area contributed by atoms with Gasteiger partial charge in [0, 0.05) is 6.04 Å². The molecule has 3 rings (SSSR count). The Morgan fingerprint density at radius 2 is 2.05 bits per heavy atom. The maximum absolute atomic E-state index is 13.2. The quantitative estimate of drug-likeness (QED) is 0.927. The van der Waals surface area contributed by atoms with Gasteiger partial charge in [0.25, 0.3) is 0 Å². The van der Waals surface area contributed by atoms with Crippen LogP contribution in [0, 0.1) is 24.6 Å². The molecule has 0 heterocycles. The van der Waals surface area contributed by atoms with Gasteiger partial charge in [0.1, 0.15) is 5.82 Å². The molecule has 1 aromatic rings. The SMILES string of the molecule is Cc1cc(S(=O)(=O)N[C@@H]2C[C@H]3CC[C@H]2C3)ccc1F. The summed E-state index contributed by atoms with van der Waals surface area (Å²) >= 11 is 0. The van der Waals surface area contributed by atoms with Gasteiger partial charge in [-0.2, -0.15) is 0 Å². The van der Waals surface area contributed by atoms with Gasteiger partial charge in [0.2, 0.25) is 10.0 Å². The molecule has 2 saturated carbocycles. The molecule has 0 saturated heterocycles. The van der Waals surface area contributed by atoms with E-state index in [-0.39, 0.29) is 16.8 Å². The number of nitrogens with one attached hydrogen (secondary N) is 1. The lowest BCUT2D eigenvalue weighted by molar-refractivity contribution is 0.390. The second-order valence-corrected chi connectivity index (χ2v) is 7.53. The Balaban J connectivity index is 1.80. The number of rotatable bonds is 3. The number of sulfonamides is 1. The summed E-state index contributed by atoms with van der Waals surface area (Å²) in [6.45, 7) is 1.58. The van der Waals surface area contributed by atoms with Crippen molar-refractivity contribution in [2.45, 2.75) is 43.5 Å². The zero-order valence-corrected chi connectivity index (χ0v) is 11.7. The number of hydrogen-bond donors (Lipinski definition) is 1. The fourth-order valence-corrected chi connectivity index (χ4v) is 4.84. The molecule has 104 valence electrons. The van der Waals surface area contributed by atoms with Crippen LogP contribution < -0.4 is 4.72 Å². The molecule has 1 aromatic carbocycles. The third-order valence-corrected chi connectivity index (χ3v) is 5.97. The number of fused-ring (bicyclic) bond motifs is 2. The number of benzene rings is 1. The molecule has 0 radical (unpaired) electrons. The van der Waals surface area contributed by atoms with Crippen LogP contribution in [0.1, 0.15) is 31.2 Å². The normalized spacial score (nSPS) is 29.9. The fourth-order valence-electron chi connectivity index (χ4n) is 3.44. The summed E-state index contributed by atoms with van der Waals surface area (Å²) in [5.74, 6) is 0.799. The monoisotopic (exact) mass is 283 g/mol. The lowest BCUT2D eigenvalue weighted by Crippen LogP contribution is -2.38. The summed E-state index contributed by atoms with van der Waals surface area (Å²) in [5, 5.41) is 0. The van der Waals surface area contributed by atoms with E-state index in [0.29, 0.717) is 17.4 Å². The molecular weight excluding hydrogens is 265 g/mol. The number of halogens is 1. The highest BCUT2D eigenvalue weighted by Gasteiger charge is 2.41. The Morgan fingerprint density at radius 3 is 2.63 bits per heavy atom. The molecule has 2 aliphatic rings. The van der Waals surface area contributed by atoms with E-state index in [2.05, 4.69) is 4.72 Å². The minimum atomic E-state index is -3.52. The maximum atomic E-state index is 13.2. The van der Waals surface area contributed by atoms with Crippen molar-refractivity contribution in [1.29, 1.82) is 0 Å². The van der Waals surface area contributed by atoms with Crippen LogP contribution in [0.25, 0.3) is 0 Å². The van der Waals surface area contributed by atoms with Gasteiger partial charge >= 0.3 is 0 Å². The lowest BCUT2D eigenvalue weighted by Gasteiger charge is -2.22. The van der Waals surface area contributed by atoms with Gasteiger partial charge in [-0.05, 0) is 61.8 Å². The Labute approximate surface area is 113 Å². The highest BCUT2D eigenvalue weighted by molar-refractivity contribution is 7.89. The second-order valence-electron chi connectivity index (χ2n) is 5.81. The molecule has 0 aliphatic heterocycles. The van der Waals surface area contributed by atoms with Crippen molar-refractivity contribution >= 4 is 10.0 Å². The molecule has 0 unspecified atom stereocenters. The first-order valence-electron chi connectivity index (χ1n) is 6.74. The summed E-state index contributed by atoms with van der Waals surface area (Å²) in [7, 11) is -3.52. The van der Waals surface area contributed by atoms with Crippen LogP contribution in [-0.2, 0) is 10.0 Å². The average Bonchev–Trinajstić information content (AvgIpc) is 2.94. The Morgan fingerprint density at radius 1 is 1.26 bits per heavy atom. The van der Waals surface area contributed by atoms with E-state index < -0.39 is 10.0 Å². The van der Waals surface area contributed by atoms with Crippen molar-refractivity contribution in [2.24, 2.45) is 11.8 Å². The molecule has 5 heteroatoms. The topological polar surface area (TPSA) is 46.2 Å². The highest BCUT2D eigenvalue weighted by atomic mass is 32.2. The number of aryl methyl sites for hydroxylation is 1. The smallest absolute Gasteiger partial charge is 0.208 e. The summed E-state index contributed by atoms with van der Waals surface area (Å²) in [5.41, 5.74) is 0.357. The van der Waals surface area contributed by atoms with Crippen molar-refractivity contribution in [3.05, 3.63) is 29.6 Å². The van der Waals surface area contributed by atoms with Crippen LogP contribution in [0.15, 0.2) is 23.1 Å². The van der Waals surface area contributed by atoms with Crippen LogP contribution in [0.5, 0.6) is 0 Å². The first-order valence-corrected chi connectivity index (χ1v) is 8.22. The van der Waals surface area contributed by atoms with Gasteiger partial charge < -0.3 is 0 Å². The van der Waals surface area contributed by atoms with Crippen LogP contribution in [-0.4, -0.2) is 14.5 Å². The Hall–Kier alpha value is -0.940. The molecule has 3 nitrogen and oxygen atoms in total. The molecule has 2 bridgehead atoms. The minimum Gasteiger partial charge on any atom is -0.208 e. The highest BCUT2D eigenvalue weighted by Crippen LogP contribution is 2.44. The van der Waals surface area contributed by atoms with Crippen molar-refractivity contribution in [1.82, 2.24) is 4.72 Å². The lowest BCUT2D eigenvalue weighted by atomic mass is 9.96. The standard InChI is InChI=1S/C14H18FNO2S/c1-9-6-12(4-5-13(9)15)19(17,18)16-14-8-10-2-3-11(14)7-10/h4-6,10-11,14,16H,2-3,7-8H2,1H3/t10-,11-,14+/m0/s1. The van der Waals surface area contributed by atoms with Gasteiger partial charge in [-0.25, -0.2) is 17.5 Å². The Kier molecular flexibility index (Phi) is 3.14. The van der Waals surface area contributed by atoms with Crippen LogP contribution in [0.2, 0.25) is 0 Å². The molecule has 1 N–H and O–H groups in total. The molecule has 0 aromatic heterocycles. The van der Waals surface area contributed by atoms with E-state index in [1.807, 2.05) is 0 Å². The zero-order chi connectivity index (χ0) is 13.6. The molecular formula is C14H18FNO2S. The summed E-state index contributed by atoms with van der Waals surface area (Å²) in [4.78, 5) is 0.161. The van der Waals surface area contributed by atoms with Crippen molar-refractivity contribution in [2.75, 3.05) is 0 Å². The van der Waals surface area contributed by atoms with Crippen molar-refractivity contribution in [3.8, 4) is 0 Å². The number of hydrogen-bond acceptors (Lipinski definition) is 2. The molecule has 2 aliphatic carbocycles. The summed E-state index contributed by atoms with van der Waals surface area (Å²) in [6, 6.07) is 4.00. The predicted molar refractivity (Wildman–Crippen MR) is 70.7 cm³/mol. The van der Waals surface area contributed by atoms with E-state index in [0.717, 1.165) is 19.3 Å². The maximum Gasteiger partial charge on any atom is 0.240 e. The summed E-state index contributed by atoms with van der Waals surface area (Å²) < 4.78 is 40.6. The van der Waals surface area contributed by atoms with E-state index in [9.17, 15) is 12.8 Å². The Bertz CT molecular complexity index is 599. The van der Waals surface area contributed by atoms with E-state index in [1.165, 1.54) is 24.6 Å². The summed E-state index contributed by atoms with van der Waals surface area (Å²) in [6.07, 6.45) is 4.46. The third kappa shape index (κ3) is 2.41. The van der Waals surface area contributed by atoms with E-state index in [1.54, 1.807) is 6.92 Å². The van der Waals surface area contributed by atoms with Crippen LogP contribution in [0.4, 0.5) is 4.39 Å². The molecule has 0 amide bonds.